The number of rotatable bonds is 1. The number of thiophene rings is 1. The lowest BCUT2D eigenvalue weighted by Crippen LogP contribution is -1.86. The Morgan fingerprint density at radius 2 is 1.94 bits per heavy atom. The van der Waals surface area contributed by atoms with E-state index in [9.17, 15) is 0 Å². The maximum atomic E-state index is 5.73. The standard InChI is InChI=1S/C12H9N3S/c13-11-6-9-10(16-11)7-14-12(15-9)8-4-2-1-3-5-8/h1-7H,13H2. The first kappa shape index (κ1) is 9.30. The molecular weight excluding hydrogens is 218 g/mol. The molecule has 0 radical (unpaired) electrons. The van der Waals surface area contributed by atoms with Crippen LogP contribution in [0.3, 0.4) is 0 Å². The zero-order chi connectivity index (χ0) is 11.0. The number of anilines is 1. The Hall–Kier alpha value is -1.94. The van der Waals surface area contributed by atoms with Crippen molar-refractivity contribution < 1.29 is 0 Å². The topological polar surface area (TPSA) is 51.8 Å². The van der Waals surface area contributed by atoms with Gasteiger partial charge >= 0.3 is 0 Å². The van der Waals surface area contributed by atoms with Crippen LogP contribution in [0.5, 0.6) is 0 Å². The highest BCUT2D eigenvalue weighted by Gasteiger charge is 2.04. The Morgan fingerprint density at radius 3 is 2.75 bits per heavy atom. The fourth-order valence-electron chi connectivity index (χ4n) is 1.58. The van der Waals surface area contributed by atoms with Crippen LogP contribution >= 0.6 is 11.3 Å². The minimum absolute atomic E-state index is 0.742. The first-order valence-corrected chi connectivity index (χ1v) is 5.72. The summed E-state index contributed by atoms with van der Waals surface area (Å²) in [6.45, 7) is 0. The molecule has 2 N–H and O–H groups in total. The van der Waals surface area contributed by atoms with E-state index in [4.69, 9.17) is 5.73 Å². The van der Waals surface area contributed by atoms with Crippen LogP contribution in [0.2, 0.25) is 0 Å². The highest BCUT2D eigenvalue weighted by Crippen LogP contribution is 2.26. The van der Waals surface area contributed by atoms with Gasteiger partial charge in [0.25, 0.3) is 0 Å². The van der Waals surface area contributed by atoms with Crippen molar-refractivity contribution in [3.8, 4) is 11.4 Å². The van der Waals surface area contributed by atoms with E-state index in [1.54, 1.807) is 0 Å². The summed E-state index contributed by atoms with van der Waals surface area (Å²) >= 11 is 1.51. The van der Waals surface area contributed by atoms with Crippen molar-refractivity contribution in [1.82, 2.24) is 9.97 Å². The minimum Gasteiger partial charge on any atom is -0.391 e. The Balaban J connectivity index is 2.18. The smallest absolute Gasteiger partial charge is 0.159 e. The Labute approximate surface area is 96.6 Å². The van der Waals surface area contributed by atoms with Gasteiger partial charge in [0.2, 0.25) is 0 Å². The molecule has 0 unspecified atom stereocenters. The summed E-state index contributed by atoms with van der Waals surface area (Å²) in [5, 5.41) is 0.773. The van der Waals surface area contributed by atoms with Gasteiger partial charge in [0.05, 0.1) is 15.2 Å². The molecule has 0 saturated carbocycles. The highest BCUT2D eigenvalue weighted by atomic mass is 32.1. The number of nitrogens with zero attached hydrogens (tertiary/aromatic N) is 2. The van der Waals surface area contributed by atoms with Crippen LogP contribution < -0.4 is 5.73 Å². The molecule has 0 bridgehead atoms. The van der Waals surface area contributed by atoms with Gasteiger partial charge < -0.3 is 5.73 Å². The molecule has 0 aliphatic heterocycles. The zero-order valence-electron chi connectivity index (χ0n) is 8.42. The van der Waals surface area contributed by atoms with Crippen LogP contribution in [0, 0.1) is 0 Å². The van der Waals surface area contributed by atoms with Crippen molar-refractivity contribution in [2.75, 3.05) is 5.73 Å². The van der Waals surface area contributed by atoms with Gasteiger partial charge in [-0.25, -0.2) is 9.97 Å². The fraction of sp³-hybridized carbons (Fsp3) is 0. The third-order valence-corrected chi connectivity index (χ3v) is 3.21. The van der Waals surface area contributed by atoms with E-state index in [2.05, 4.69) is 9.97 Å². The quantitative estimate of drug-likeness (QED) is 0.695. The van der Waals surface area contributed by atoms with Gasteiger partial charge in [0.1, 0.15) is 0 Å². The number of fused-ring (bicyclic) bond motifs is 1. The molecule has 0 aliphatic rings. The second-order valence-electron chi connectivity index (χ2n) is 3.46. The number of nitrogen functional groups attached to an aromatic ring is 1. The van der Waals surface area contributed by atoms with Crippen molar-refractivity contribution in [1.29, 1.82) is 0 Å². The van der Waals surface area contributed by atoms with Gasteiger partial charge in [-0.05, 0) is 6.07 Å². The van der Waals surface area contributed by atoms with Crippen molar-refractivity contribution in [3.05, 3.63) is 42.6 Å². The number of nitrogens with two attached hydrogens (primary N) is 1. The summed E-state index contributed by atoms with van der Waals surface area (Å²) in [5.41, 5.74) is 7.67. The highest BCUT2D eigenvalue weighted by molar-refractivity contribution is 7.22. The normalized spacial score (nSPS) is 10.8. The average molecular weight is 227 g/mol. The molecule has 0 spiro atoms. The van der Waals surface area contributed by atoms with Crippen LogP contribution in [0.4, 0.5) is 5.00 Å². The average Bonchev–Trinajstić information content (AvgIpc) is 2.69. The summed E-state index contributed by atoms with van der Waals surface area (Å²) in [5.74, 6) is 0.742. The molecule has 16 heavy (non-hydrogen) atoms. The van der Waals surface area contributed by atoms with Gasteiger partial charge in [-0.15, -0.1) is 11.3 Å². The number of hydrogen-bond acceptors (Lipinski definition) is 4. The molecule has 3 rings (SSSR count). The molecule has 0 fully saturated rings. The Morgan fingerprint density at radius 1 is 1.12 bits per heavy atom. The predicted octanol–water partition coefficient (Wildman–Crippen LogP) is 2.94. The summed E-state index contributed by atoms with van der Waals surface area (Å²) in [6, 6.07) is 11.8. The molecule has 3 aromatic rings. The Kier molecular flexibility index (Phi) is 2.08. The van der Waals surface area contributed by atoms with Crippen LogP contribution in [0.1, 0.15) is 0 Å². The molecular formula is C12H9N3S. The summed E-state index contributed by atoms with van der Waals surface area (Å²) in [7, 11) is 0. The van der Waals surface area contributed by atoms with Crippen molar-refractivity contribution >= 4 is 26.6 Å². The molecule has 0 saturated heterocycles. The van der Waals surface area contributed by atoms with E-state index in [1.165, 1.54) is 11.3 Å². The van der Waals surface area contributed by atoms with Crippen LogP contribution in [0.15, 0.2) is 42.6 Å². The van der Waals surface area contributed by atoms with E-state index in [0.717, 1.165) is 26.6 Å². The molecule has 0 atom stereocenters. The maximum Gasteiger partial charge on any atom is 0.159 e. The predicted molar refractivity (Wildman–Crippen MR) is 67.3 cm³/mol. The van der Waals surface area contributed by atoms with E-state index in [1.807, 2.05) is 42.6 Å². The fourth-order valence-corrected chi connectivity index (χ4v) is 2.32. The Bertz CT molecular complexity index is 631. The van der Waals surface area contributed by atoms with E-state index >= 15 is 0 Å². The van der Waals surface area contributed by atoms with Gasteiger partial charge in [-0.1, -0.05) is 30.3 Å². The number of aromatic nitrogens is 2. The van der Waals surface area contributed by atoms with Gasteiger partial charge in [0.15, 0.2) is 5.82 Å². The zero-order valence-corrected chi connectivity index (χ0v) is 9.24. The van der Waals surface area contributed by atoms with E-state index < -0.39 is 0 Å². The third kappa shape index (κ3) is 1.53. The van der Waals surface area contributed by atoms with Crippen LogP contribution in [0.25, 0.3) is 21.6 Å². The molecule has 2 heterocycles. The lowest BCUT2D eigenvalue weighted by atomic mass is 10.2. The molecule has 0 aliphatic carbocycles. The van der Waals surface area contributed by atoms with Gasteiger partial charge in [0, 0.05) is 11.8 Å². The molecule has 1 aromatic carbocycles. The molecule has 3 nitrogen and oxygen atoms in total. The summed E-state index contributed by atoms with van der Waals surface area (Å²) < 4.78 is 1.03. The first-order valence-electron chi connectivity index (χ1n) is 4.90. The second kappa shape index (κ2) is 3.57. The van der Waals surface area contributed by atoms with Crippen molar-refractivity contribution in [2.45, 2.75) is 0 Å². The van der Waals surface area contributed by atoms with Gasteiger partial charge in [-0.2, -0.15) is 0 Å². The van der Waals surface area contributed by atoms with Crippen LogP contribution in [-0.2, 0) is 0 Å². The monoisotopic (exact) mass is 227 g/mol. The van der Waals surface area contributed by atoms with Gasteiger partial charge in [-0.3, -0.25) is 0 Å². The molecule has 0 amide bonds. The summed E-state index contributed by atoms with van der Waals surface area (Å²) in [4.78, 5) is 8.82. The number of benzene rings is 1. The second-order valence-corrected chi connectivity index (χ2v) is 4.57. The molecule has 2 aromatic heterocycles. The maximum absolute atomic E-state index is 5.73. The molecule has 78 valence electrons. The minimum atomic E-state index is 0.742. The molecule has 4 heteroatoms. The van der Waals surface area contributed by atoms with Crippen molar-refractivity contribution in [2.24, 2.45) is 0 Å². The van der Waals surface area contributed by atoms with E-state index in [0.29, 0.717) is 0 Å². The van der Waals surface area contributed by atoms with E-state index in [-0.39, 0.29) is 0 Å². The number of hydrogen-bond donors (Lipinski definition) is 1. The first-order chi connectivity index (χ1) is 7.83. The third-order valence-electron chi connectivity index (χ3n) is 2.32. The summed E-state index contributed by atoms with van der Waals surface area (Å²) in [6.07, 6.45) is 1.83. The van der Waals surface area contributed by atoms with Crippen molar-refractivity contribution in [3.63, 3.8) is 0 Å². The lowest BCUT2D eigenvalue weighted by molar-refractivity contribution is 1.23. The SMILES string of the molecule is Nc1cc2nc(-c3ccccc3)ncc2s1. The van der Waals surface area contributed by atoms with Crippen LogP contribution in [-0.4, -0.2) is 9.97 Å². The largest absolute Gasteiger partial charge is 0.391 e. The lowest BCUT2D eigenvalue weighted by Gasteiger charge is -1.98.